The minimum absolute atomic E-state index is 0.0467. The molecule has 5 nitrogen and oxygen atoms in total. The number of aromatic nitrogens is 3. The molecule has 0 atom stereocenters. The van der Waals surface area contributed by atoms with Crippen LogP contribution in [-0.2, 0) is 6.54 Å². The van der Waals surface area contributed by atoms with Crippen LogP contribution in [-0.4, -0.2) is 21.9 Å². The number of ether oxygens (including phenoxy) is 1. The molecule has 0 saturated carbocycles. The van der Waals surface area contributed by atoms with E-state index in [0.29, 0.717) is 11.6 Å². The maximum atomic E-state index is 11.8. The Balaban J connectivity index is 2.34. The lowest BCUT2D eigenvalue weighted by molar-refractivity contribution is 0.395. The summed E-state index contributed by atoms with van der Waals surface area (Å²) < 4.78 is 6.19. The first-order valence-electron chi connectivity index (χ1n) is 5.03. The molecule has 0 amide bonds. The molecular formula is C11H9Cl2N3O2. The Bertz CT molecular complexity index is 628. The first-order chi connectivity index (χ1) is 8.61. The molecule has 0 saturated heterocycles. The highest BCUT2D eigenvalue weighted by molar-refractivity contribution is 6.41. The largest absolute Gasteiger partial charge is 0.481 e. The van der Waals surface area contributed by atoms with E-state index in [1.54, 1.807) is 18.2 Å². The Morgan fingerprint density at radius 3 is 2.89 bits per heavy atom. The Labute approximate surface area is 113 Å². The lowest BCUT2D eigenvalue weighted by Crippen LogP contribution is -2.24. The third-order valence-corrected chi connectivity index (χ3v) is 2.99. The molecule has 2 aromatic heterocycles. The van der Waals surface area contributed by atoms with Crippen molar-refractivity contribution in [3.05, 3.63) is 50.5 Å². The fourth-order valence-electron chi connectivity index (χ4n) is 1.37. The first-order valence-corrected chi connectivity index (χ1v) is 5.78. The van der Waals surface area contributed by atoms with Crippen LogP contribution in [0.1, 0.15) is 5.69 Å². The van der Waals surface area contributed by atoms with Crippen molar-refractivity contribution in [3.8, 4) is 5.88 Å². The quantitative estimate of drug-likeness (QED) is 0.866. The van der Waals surface area contributed by atoms with E-state index in [0.717, 1.165) is 0 Å². The van der Waals surface area contributed by atoms with Crippen molar-refractivity contribution >= 4 is 23.2 Å². The summed E-state index contributed by atoms with van der Waals surface area (Å²) in [6.07, 6.45) is 1.32. The van der Waals surface area contributed by atoms with E-state index < -0.39 is 5.56 Å². The van der Waals surface area contributed by atoms with Gasteiger partial charge in [-0.15, -0.1) is 0 Å². The number of rotatable bonds is 3. The van der Waals surface area contributed by atoms with Gasteiger partial charge in [-0.2, -0.15) is 5.10 Å². The summed E-state index contributed by atoms with van der Waals surface area (Å²) >= 11 is 11.5. The monoisotopic (exact) mass is 285 g/mol. The topological polar surface area (TPSA) is 57.0 Å². The molecule has 0 fully saturated rings. The maximum Gasteiger partial charge on any atom is 0.287 e. The molecule has 2 aromatic rings. The van der Waals surface area contributed by atoms with Gasteiger partial charge < -0.3 is 4.74 Å². The highest BCUT2D eigenvalue weighted by Crippen LogP contribution is 2.15. The van der Waals surface area contributed by atoms with Crippen molar-refractivity contribution in [1.82, 2.24) is 14.8 Å². The van der Waals surface area contributed by atoms with Gasteiger partial charge in [0.05, 0.1) is 30.6 Å². The van der Waals surface area contributed by atoms with Crippen molar-refractivity contribution < 1.29 is 4.74 Å². The summed E-state index contributed by atoms with van der Waals surface area (Å²) in [5, 5.41) is 3.99. The van der Waals surface area contributed by atoms with Crippen LogP contribution in [0.2, 0.25) is 10.0 Å². The van der Waals surface area contributed by atoms with Gasteiger partial charge in [-0.25, -0.2) is 9.67 Å². The van der Waals surface area contributed by atoms with Gasteiger partial charge in [0.2, 0.25) is 5.88 Å². The fraction of sp³-hybridized carbons (Fsp3) is 0.182. The highest BCUT2D eigenvalue weighted by Gasteiger charge is 2.08. The summed E-state index contributed by atoms with van der Waals surface area (Å²) in [5.74, 6) is 0.473. The third-order valence-electron chi connectivity index (χ3n) is 2.24. The van der Waals surface area contributed by atoms with Crippen LogP contribution >= 0.6 is 23.2 Å². The van der Waals surface area contributed by atoms with Crippen LogP contribution in [0.5, 0.6) is 5.88 Å². The van der Waals surface area contributed by atoms with E-state index in [9.17, 15) is 4.79 Å². The molecule has 0 aromatic carbocycles. The van der Waals surface area contributed by atoms with Crippen LogP contribution in [0, 0.1) is 0 Å². The minimum atomic E-state index is -0.450. The summed E-state index contributed by atoms with van der Waals surface area (Å²) in [6, 6.07) is 5.26. The number of pyridine rings is 1. The lowest BCUT2D eigenvalue weighted by atomic mass is 10.3. The van der Waals surface area contributed by atoms with Crippen molar-refractivity contribution in [2.24, 2.45) is 0 Å². The highest BCUT2D eigenvalue weighted by atomic mass is 35.5. The molecule has 2 heterocycles. The summed E-state index contributed by atoms with van der Waals surface area (Å²) in [7, 11) is 1.52. The van der Waals surface area contributed by atoms with Gasteiger partial charge in [0.1, 0.15) is 5.02 Å². The van der Waals surface area contributed by atoms with Gasteiger partial charge in [-0.3, -0.25) is 4.79 Å². The zero-order valence-electron chi connectivity index (χ0n) is 9.43. The molecule has 0 radical (unpaired) electrons. The van der Waals surface area contributed by atoms with Crippen LogP contribution < -0.4 is 10.3 Å². The number of methoxy groups -OCH3 is 1. The van der Waals surface area contributed by atoms with Crippen LogP contribution in [0.15, 0.2) is 29.2 Å². The van der Waals surface area contributed by atoms with E-state index in [1.165, 1.54) is 18.0 Å². The molecule has 7 heteroatoms. The molecule has 0 N–H and O–H groups in total. The van der Waals surface area contributed by atoms with E-state index >= 15 is 0 Å². The van der Waals surface area contributed by atoms with Crippen LogP contribution in [0.3, 0.4) is 0 Å². The maximum absolute atomic E-state index is 11.8. The number of halogens is 2. The summed E-state index contributed by atoms with van der Waals surface area (Å²) in [6.45, 7) is 0.201. The molecule has 0 aliphatic carbocycles. The Morgan fingerprint density at radius 1 is 1.39 bits per heavy atom. The Kier molecular flexibility index (Phi) is 3.84. The number of nitrogens with zero attached hydrogens (tertiary/aromatic N) is 3. The van der Waals surface area contributed by atoms with Gasteiger partial charge in [-0.05, 0) is 6.07 Å². The molecule has 0 spiro atoms. The molecule has 18 heavy (non-hydrogen) atoms. The molecule has 0 aliphatic heterocycles. The molecule has 0 unspecified atom stereocenters. The first kappa shape index (κ1) is 12.9. The summed E-state index contributed by atoms with van der Waals surface area (Å²) in [5.41, 5.74) is 0.191. The average molecular weight is 286 g/mol. The summed E-state index contributed by atoms with van der Waals surface area (Å²) in [4.78, 5) is 16.0. The van der Waals surface area contributed by atoms with Crippen molar-refractivity contribution in [2.45, 2.75) is 6.54 Å². The smallest absolute Gasteiger partial charge is 0.287 e. The third kappa shape index (κ3) is 2.63. The fourth-order valence-corrected chi connectivity index (χ4v) is 1.64. The molecule has 0 aliphatic rings. The van der Waals surface area contributed by atoms with E-state index in [1.807, 2.05) is 0 Å². The SMILES string of the molecule is COc1cccc(Cn2ncc(Cl)c(Cl)c2=O)n1. The average Bonchev–Trinajstić information content (AvgIpc) is 2.40. The molecule has 94 valence electrons. The van der Waals surface area contributed by atoms with Gasteiger partial charge in [-0.1, -0.05) is 29.3 Å². The van der Waals surface area contributed by atoms with E-state index in [2.05, 4.69) is 10.1 Å². The second-order valence-corrected chi connectivity index (χ2v) is 4.23. The lowest BCUT2D eigenvalue weighted by Gasteiger charge is -2.06. The predicted octanol–water partition coefficient (Wildman–Crippen LogP) is 2.00. The number of hydrogen-bond acceptors (Lipinski definition) is 4. The second-order valence-electron chi connectivity index (χ2n) is 3.44. The van der Waals surface area contributed by atoms with Gasteiger partial charge in [0.15, 0.2) is 0 Å². The van der Waals surface area contributed by atoms with Gasteiger partial charge in [0.25, 0.3) is 5.56 Å². The van der Waals surface area contributed by atoms with Crippen LogP contribution in [0.4, 0.5) is 0 Å². The second kappa shape index (κ2) is 5.37. The van der Waals surface area contributed by atoms with E-state index in [-0.39, 0.29) is 16.6 Å². The van der Waals surface area contributed by atoms with Crippen molar-refractivity contribution in [3.63, 3.8) is 0 Å². The Hall–Kier alpha value is -1.59. The normalized spacial score (nSPS) is 10.4. The Morgan fingerprint density at radius 2 is 2.17 bits per heavy atom. The van der Waals surface area contributed by atoms with Gasteiger partial charge >= 0.3 is 0 Å². The predicted molar refractivity (Wildman–Crippen MR) is 68.4 cm³/mol. The zero-order valence-corrected chi connectivity index (χ0v) is 10.9. The van der Waals surface area contributed by atoms with Crippen molar-refractivity contribution in [1.29, 1.82) is 0 Å². The molecule has 0 bridgehead atoms. The molecule has 2 rings (SSSR count). The van der Waals surface area contributed by atoms with Gasteiger partial charge in [0, 0.05) is 6.07 Å². The minimum Gasteiger partial charge on any atom is -0.481 e. The zero-order chi connectivity index (χ0) is 13.1. The van der Waals surface area contributed by atoms with Crippen LogP contribution in [0.25, 0.3) is 0 Å². The number of hydrogen-bond donors (Lipinski definition) is 0. The standard InChI is InChI=1S/C11H9Cl2N3O2/c1-18-9-4-2-3-7(15-9)6-16-11(17)10(13)8(12)5-14-16/h2-5H,6H2,1H3. The molecular weight excluding hydrogens is 277 g/mol. The van der Waals surface area contributed by atoms with E-state index in [4.69, 9.17) is 27.9 Å². The van der Waals surface area contributed by atoms with Crippen molar-refractivity contribution in [2.75, 3.05) is 7.11 Å².